The zero-order valence-electron chi connectivity index (χ0n) is 28.5. The predicted molar refractivity (Wildman–Crippen MR) is 171 cm³/mol. The second-order valence-electron chi connectivity index (χ2n) is 15.6. The minimum atomic E-state index is -1.18. The molecule has 2 aromatic rings. The zero-order valence-corrected chi connectivity index (χ0v) is 28.5. The highest BCUT2D eigenvalue weighted by atomic mass is 16.5. The summed E-state index contributed by atoms with van der Waals surface area (Å²) < 4.78 is 11.3. The molecule has 8 nitrogen and oxygen atoms in total. The van der Waals surface area contributed by atoms with Crippen LogP contribution in [0.25, 0.3) is 0 Å². The average Bonchev–Trinajstić information content (AvgIpc) is 2.83. The Bertz CT molecular complexity index is 1310. The third-order valence-electron chi connectivity index (χ3n) is 7.43. The molecule has 2 rings (SSSR count). The van der Waals surface area contributed by atoms with E-state index in [1.807, 2.05) is 95.2 Å². The fourth-order valence-corrected chi connectivity index (χ4v) is 4.64. The largest absolute Gasteiger partial charge is 0.478 e. The van der Waals surface area contributed by atoms with Gasteiger partial charge in [-0.2, -0.15) is 0 Å². The van der Waals surface area contributed by atoms with E-state index in [4.69, 9.17) is 9.47 Å². The van der Waals surface area contributed by atoms with Crippen LogP contribution in [0, 0.1) is 0 Å². The van der Waals surface area contributed by atoms with Gasteiger partial charge < -0.3 is 19.7 Å². The molecular formula is C36H50O8. The van der Waals surface area contributed by atoms with E-state index in [1.54, 1.807) is 12.1 Å². The summed E-state index contributed by atoms with van der Waals surface area (Å²) in [7, 11) is 0. The fourth-order valence-electron chi connectivity index (χ4n) is 4.64. The molecule has 0 amide bonds. The van der Waals surface area contributed by atoms with Crippen LogP contribution in [-0.2, 0) is 31.2 Å². The molecule has 0 bridgehead atoms. The Morgan fingerprint density at radius 1 is 0.523 bits per heavy atom. The van der Waals surface area contributed by atoms with Crippen molar-refractivity contribution in [3.05, 3.63) is 57.6 Å². The van der Waals surface area contributed by atoms with Crippen LogP contribution in [-0.4, -0.2) is 34.1 Å². The minimum absolute atomic E-state index is 0.0369. The first-order chi connectivity index (χ1) is 19.8. The molecule has 0 saturated heterocycles. The first-order valence-corrected chi connectivity index (χ1v) is 15.1. The smallest absolute Gasteiger partial charge is 0.339 e. The van der Waals surface area contributed by atoms with E-state index >= 15 is 0 Å². The standard InChI is InChI=1S/C36H50O8/c1-33(2,3)21-17-23(31(39)40)29(25(19-21)35(7,8)9)43-27(37)15-13-14-16-28(38)44-30-24(32(41)42)18-22(34(4,5)6)20-26(30)36(10,11)12/h17-20H,13-16H2,1-12H3,(H,39,40)(H,41,42). The van der Waals surface area contributed by atoms with Gasteiger partial charge in [0.15, 0.2) is 0 Å². The van der Waals surface area contributed by atoms with Crippen molar-refractivity contribution in [1.82, 2.24) is 0 Å². The Balaban J connectivity index is 2.20. The van der Waals surface area contributed by atoms with Gasteiger partial charge in [-0.3, -0.25) is 9.59 Å². The van der Waals surface area contributed by atoms with Crippen LogP contribution in [0.5, 0.6) is 11.5 Å². The molecule has 0 saturated carbocycles. The Labute approximate surface area is 262 Å². The number of carboxylic acid groups (broad SMARTS) is 2. The van der Waals surface area contributed by atoms with E-state index in [1.165, 1.54) is 0 Å². The van der Waals surface area contributed by atoms with Crippen molar-refractivity contribution in [2.45, 2.75) is 130 Å². The molecule has 242 valence electrons. The van der Waals surface area contributed by atoms with E-state index in [9.17, 15) is 29.4 Å². The van der Waals surface area contributed by atoms with Crippen molar-refractivity contribution in [3.63, 3.8) is 0 Å². The minimum Gasteiger partial charge on any atom is -0.478 e. The molecule has 0 heterocycles. The third-order valence-corrected chi connectivity index (χ3v) is 7.43. The number of esters is 2. The molecule has 2 N–H and O–H groups in total. The van der Waals surface area contributed by atoms with Crippen molar-refractivity contribution in [2.75, 3.05) is 0 Å². The summed E-state index contributed by atoms with van der Waals surface area (Å²) in [6.07, 6.45) is 0.514. The summed E-state index contributed by atoms with van der Waals surface area (Å²) in [5.41, 5.74) is 1.16. The van der Waals surface area contributed by atoms with Crippen molar-refractivity contribution >= 4 is 23.9 Å². The molecule has 0 fully saturated rings. The molecule has 8 heteroatoms. The third kappa shape index (κ3) is 9.41. The lowest BCUT2D eigenvalue weighted by Crippen LogP contribution is -2.22. The number of carboxylic acids is 2. The van der Waals surface area contributed by atoms with Gasteiger partial charge in [0.1, 0.15) is 22.6 Å². The number of benzene rings is 2. The zero-order chi connectivity index (χ0) is 34.0. The summed E-state index contributed by atoms with van der Waals surface area (Å²) in [4.78, 5) is 50.1. The highest BCUT2D eigenvalue weighted by Crippen LogP contribution is 2.40. The SMILES string of the molecule is CC(C)(C)c1cc(C(=O)O)c(OC(=O)CCCCC(=O)Oc2c(C(=O)O)cc(C(C)(C)C)cc2C(C)(C)C)c(C(C)(C)C)c1. The normalized spacial score (nSPS) is 12.5. The first kappa shape index (κ1) is 36.5. The van der Waals surface area contributed by atoms with Crippen LogP contribution < -0.4 is 9.47 Å². The Kier molecular flexibility index (Phi) is 10.9. The number of hydrogen-bond donors (Lipinski definition) is 2. The molecule has 0 radical (unpaired) electrons. The molecule has 0 aliphatic heterocycles. The molecule has 0 atom stereocenters. The Hall–Kier alpha value is -3.68. The quantitative estimate of drug-likeness (QED) is 0.165. The second-order valence-corrected chi connectivity index (χ2v) is 15.6. The van der Waals surface area contributed by atoms with E-state index in [2.05, 4.69) is 0 Å². The first-order valence-electron chi connectivity index (χ1n) is 15.1. The number of hydrogen-bond acceptors (Lipinski definition) is 6. The summed E-state index contributed by atoms with van der Waals surface area (Å²) >= 11 is 0. The van der Waals surface area contributed by atoms with Gasteiger partial charge in [0.25, 0.3) is 0 Å². The van der Waals surface area contributed by atoms with Crippen LogP contribution >= 0.6 is 0 Å². The molecule has 2 aromatic carbocycles. The van der Waals surface area contributed by atoms with Crippen LogP contribution in [0.4, 0.5) is 0 Å². The predicted octanol–water partition coefficient (Wildman–Crippen LogP) is 8.34. The van der Waals surface area contributed by atoms with Crippen molar-refractivity contribution in [1.29, 1.82) is 0 Å². The van der Waals surface area contributed by atoms with Crippen molar-refractivity contribution in [2.24, 2.45) is 0 Å². The fraction of sp³-hybridized carbons (Fsp3) is 0.556. The number of carbonyl (C=O) groups is 4. The molecule has 44 heavy (non-hydrogen) atoms. The number of aromatic carboxylic acids is 2. The topological polar surface area (TPSA) is 127 Å². The van der Waals surface area contributed by atoms with E-state index in [-0.39, 0.29) is 46.3 Å². The maximum absolute atomic E-state index is 12.9. The Morgan fingerprint density at radius 3 is 1.05 bits per heavy atom. The number of rotatable bonds is 9. The van der Waals surface area contributed by atoms with Gasteiger partial charge in [-0.15, -0.1) is 0 Å². The van der Waals surface area contributed by atoms with Crippen LogP contribution in [0.3, 0.4) is 0 Å². The lowest BCUT2D eigenvalue weighted by molar-refractivity contribution is -0.136. The van der Waals surface area contributed by atoms with Crippen molar-refractivity contribution < 1.29 is 38.9 Å². The van der Waals surface area contributed by atoms with Crippen LogP contribution in [0.2, 0.25) is 0 Å². The van der Waals surface area contributed by atoms with E-state index in [0.29, 0.717) is 24.0 Å². The van der Waals surface area contributed by atoms with Gasteiger partial charge in [-0.25, -0.2) is 9.59 Å². The highest BCUT2D eigenvalue weighted by Gasteiger charge is 2.31. The molecule has 0 aliphatic carbocycles. The molecular weight excluding hydrogens is 560 g/mol. The van der Waals surface area contributed by atoms with Crippen molar-refractivity contribution in [3.8, 4) is 11.5 Å². The lowest BCUT2D eigenvalue weighted by atomic mass is 9.79. The van der Waals surface area contributed by atoms with Gasteiger partial charge in [0, 0.05) is 24.0 Å². The summed E-state index contributed by atoms with van der Waals surface area (Å²) in [6, 6.07) is 6.91. The molecule has 0 aliphatic rings. The number of carbonyl (C=O) groups excluding carboxylic acids is 2. The summed E-state index contributed by atoms with van der Waals surface area (Å²) in [5, 5.41) is 19.9. The summed E-state index contributed by atoms with van der Waals surface area (Å²) in [5.74, 6) is -3.49. The molecule has 0 unspecified atom stereocenters. The highest BCUT2D eigenvalue weighted by molar-refractivity contribution is 5.94. The monoisotopic (exact) mass is 610 g/mol. The maximum atomic E-state index is 12.9. The lowest BCUT2D eigenvalue weighted by Gasteiger charge is -2.28. The maximum Gasteiger partial charge on any atom is 0.339 e. The van der Waals surface area contributed by atoms with E-state index in [0.717, 1.165) is 11.1 Å². The number of unbranched alkanes of at least 4 members (excludes halogenated alkanes) is 1. The van der Waals surface area contributed by atoms with Gasteiger partial charge in [0.2, 0.25) is 0 Å². The van der Waals surface area contributed by atoms with Gasteiger partial charge in [-0.05, 0) is 57.8 Å². The van der Waals surface area contributed by atoms with Crippen LogP contribution in [0.1, 0.15) is 152 Å². The summed E-state index contributed by atoms with van der Waals surface area (Å²) in [6.45, 7) is 23.5. The van der Waals surface area contributed by atoms with E-state index < -0.39 is 34.7 Å². The average molecular weight is 611 g/mol. The molecule has 0 spiro atoms. The van der Waals surface area contributed by atoms with Gasteiger partial charge >= 0.3 is 23.9 Å². The Morgan fingerprint density at radius 2 is 0.818 bits per heavy atom. The van der Waals surface area contributed by atoms with Gasteiger partial charge in [0.05, 0.1) is 0 Å². The van der Waals surface area contributed by atoms with Gasteiger partial charge in [-0.1, -0.05) is 95.2 Å². The van der Waals surface area contributed by atoms with Crippen LogP contribution in [0.15, 0.2) is 24.3 Å². The molecule has 0 aromatic heterocycles. The second kappa shape index (κ2) is 13.1. The number of ether oxygens (including phenoxy) is 2.